The highest BCUT2D eigenvalue weighted by Gasteiger charge is 2.26. The average Bonchev–Trinajstić information content (AvgIpc) is 3.90. The van der Waals surface area contributed by atoms with Crippen LogP contribution in [0.3, 0.4) is 0 Å². The largest absolute Gasteiger partial charge is 0.350 e. The maximum Gasteiger partial charge on any atom is 0.131 e. The Labute approximate surface area is 364 Å². The lowest BCUT2D eigenvalue weighted by molar-refractivity contribution is 0.409. The van der Waals surface area contributed by atoms with Gasteiger partial charge >= 0.3 is 0 Å². The number of amidine groups is 1. The van der Waals surface area contributed by atoms with Crippen molar-refractivity contribution in [3.05, 3.63) is 235 Å². The van der Waals surface area contributed by atoms with Gasteiger partial charge in [-0.15, -0.1) is 11.3 Å². The maximum atomic E-state index is 5.21. The Kier molecular flexibility index (Phi) is 8.87. The summed E-state index contributed by atoms with van der Waals surface area (Å²) in [5.74, 6) is 0.877. The van der Waals surface area contributed by atoms with Gasteiger partial charge in [0.05, 0.1) is 11.0 Å². The molecule has 3 heterocycles. The molecule has 0 saturated heterocycles. The van der Waals surface area contributed by atoms with E-state index in [0.717, 1.165) is 22.6 Å². The molecule has 1 aliphatic rings. The quantitative estimate of drug-likeness (QED) is 0.168. The van der Waals surface area contributed by atoms with Gasteiger partial charge in [-0.25, -0.2) is 4.99 Å². The van der Waals surface area contributed by atoms with Crippen LogP contribution < -0.4 is 10.6 Å². The molecule has 0 bridgehead atoms. The summed E-state index contributed by atoms with van der Waals surface area (Å²) in [4.78, 5) is 5.21. The number of nitrogens with zero attached hydrogens (tertiary/aromatic N) is 2. The summed E-state index contributed by atoms with van der Waals surface area (Å²) < 4.78 is 4.93. The minimum absolute atomic E-state index is 0.144. The van der Waals surface area contributed by atoms with Crippen LogP contribution in [-0.2, 0) is 0 Å². The average molecular weight is 813 g/mol. The van der Waals surface area contributed by atoms with E-state index < -0.39 is 0 Å². The fraction of sp³-hybridized carbons (Fsp3) is 0.0351. The molecule has 1 aliphatic heterocycles. The van der Waals surface area contributed by atoms with Gasteiger partial charge < -0.3 is 9.88 Å². The minimum atomic E-state index is -0.201. The first-order valence-electron chi connectivity index (χ1n) is 21.2. The van der Waals surface area contributed by atoms with Crippen LogP contribution in [0.4, 0.5) is 0 Å². The van der Waals surface area contributed by atoms with Crippen LogP contribution >= 0.6 is 11.3 Å². The molecule has 12 rings (SSSR count). The fourth-order valence-corrected chi connectivity index (χ4v) is 10.5. The lowest BCUT2D eigenvalue weighted by Gasteiger charge is -2.32. The summed E-state index contributed by atoms with van der Waals surface area (Å²) in [5, 5.41) is 12.6. The van der Waals surface area contributed by atoms with Crippen molar-refractivity contribution in [1.82, 2.24) is 15.2 Å². The zero-order valence-corrected chi connectivity index (χ0v) is 34.6. The van der Waals surface area contributed by atoms with Gasteiger partial charge in [0.2, 0.25) is 0 Å². The Morgan fingerprint density at radius 2 is 1.06 bits per heavy atom. The van der Waals surface area contributed by atoms with Gasteiger partial charge in [-0.05, 0) is 87.0 Å². The Hall–Kier alpha value is -7.57. The van der Waals surface area contributed by atoms with E-state index >= 15 is 0 Å². The SMILES string of the molecule is c1ccc(-c2ccc(C3=NC(c4ccccc4)NC(c4ccc5c(c4)sc4ccc(-c6ccccc6-c6cccc7c6c6ccccc6n7-c6ccccc6)cc45)N3)cc2)cc1. The zero-order valence-electron chi connectivity index (χ0n) is 33.7. The van der Waals surface area contributed by atoms with Crippen molar-refractivity contribution in [2.24, 2.45) is 4.99 Å². The molecule has 62 heavy (non-hydrogen) atoms. The summed E-state index contributed by atoms with van der Waals surface area (Å²) in [5.41, 5.74) is 14.2. The molecule has 294 valence electrons. The van der Waals surface area contributed by atoms with Crippen LogP contribution in [0.25, 0.3) is 81.0 Å². The predicted octanol–water partition coefficient (Wildman–Crippen LogP) is 14.5. The number of fused-ring (bicyclic) bond motifs is 6. The minimum Gasteiger partial charge on any atom is -0.350 e. The molecular formula is C57H40N4S. The molecule has 2 N–H and O–H groups in total. The highest BCUT2D eigenvalue weighted by Crippen LogP contribution is 2.44. The van der Waals surface area contributed by atoms with Gasteiger partial charge in [0.15, 0.2) is 0 Å². The normalized spacial score (nSPS) is 15.3. The molecule has 2 atom stereocenters. The van der Waals surface area contributed by atoms with Gasteiger partial charge in [-0.1, -0.05) is 176 Å². The number of thiophene rings is 1. The summed E-state index contributed by atoms with van der Waals surface area (Å²) in [6.07, 6.45) is -0.346. The molecular weight excluding hydrogens is 773 g/mol. The monoisotopic (exact) mass is 812 g/mol. The zero-order chi connectivity index (χ0) is 41.0. The molecule has 2 aromatic heterocycles. The number of rotatable bonds is 7. The topological polar surface area (TPSA) is 41.4 Å². The molecule has 4 nitrogen and oxygen atoms in total. The molecule has 0 saturated carbocycles. The van der Waals surface area contributed by atoms with Gasteiger partial charge in [-0.2, -0.15) is 0 Å². The van der Waals surface area contributed by atoms with E-state index in [-0.39, 0.29) is 12.3 Å². The molecule has 0 fully saturated rings. The van der Waals surface area contributed by atoms with Crippen molar-refractivity contribution in [2.75, 3.05) is 0 Å². The van der Waals surface area contributed by atoms with Crippen LogP contribution in [0.5, 0.6) is 0 Å². The van der Waals surface area contributed by atoms with Crippen molar-refractivity contribution < 1.29 is 0 Å². The Morgan fingerprint density at radius 3 is 1.89 bits per heavy atom. The van der Waals surface area contributed by atoms with Crippen LogP contribution in [-0.4, -0.2) is 10.4 Å². The molecule has 0 aliphatic carbocycles. The van der Waals surface area contributed by atoms with E-state index in [0.29, 0.717) is 0 Å². The summed E-state index contributed by atoms with van der Waals surface area (Å²) >= 11 is 1.85. The molecule has 9 aromatic carbocycles. The Morgan fingerprint density at radius 1 is 0.419 bits per heavy atom. The Bertz CT molecular complexity index is 3460. The summed E-state index contributed by atoms with van der Waals surface area (Å²) in [6.45, 7) is 0. The molecule has 0 radical (unpaired) electrons. The second-order valence-corrected chi connectivity index (χ2v) is 17.1. The number of benzene rings is 9. The third kappa shape index (κ3) is 6.29. The van der Waals surface area contributed by atoms with Crippen LogP contribution in [0.1, 0.15) is 29.0 Å². The molecule has 11 aromatic rings. The smallest absolute Gasteiger partial charge is 0.131 e. The van der Waals surface area contributed by atoms with Gasteiger partial charge in [-0.3, -0.25) is 5.32 Å². The number of hydrogen-bond acceptors (Lipinski definition) is 4. The first kappa shape index (κ1) is 36.3. The van der Waals surface area contributed by atoms with Gasteiger partial charge in [0.25, 0.3) is 0 Å². The van der Waals surface area contributed by atoms with Crippen molar-refractivity contribution in [1.29, 1.82) is 0 Å². The number of nitrogens with one attached hydrogen (secondary N) is 2. The van der Waals surface area contributed by atoms with Crippen LogP contribution in [0.15, 0.2) is 223 Å². The third-order valence-electron chi connectivity index (χ3n) is 12.3. The number of para-hydroxylation sites is 2. The summed E-state index contributed by atoms with van der Waals surface area (Å²) in [6, 6.07) is 78.8. The van der Waals surface area contributed by atoms with E-state index in [1.165, 1.54) is 80.9 Å². The van der Waals surface area contributed by atoms with Gasteiger partial charge in [0, 0.05) is 42.2 Å². The van der Waals surface area contributed by atoms with Crippen molar-refractivity contribution in [2.45, 2.75) is 12.3 Å². The van der Waals surface area contributed by atoms with E-state index in [1.807, 2.05) is 11.3 Å². The summed E-state index contributed by atoms with van der Waals surface area (Å²) in [7, 11) is 0. The highest BCUT2D eigenvalue weighted by atomic mass is 32.1. The van der Waals surface area contributed by atoms with E-state index in [4.69, 9.17) is 4.99 Å². The maximum absolute atomic E-state index is 5.21. The molecule has 2 unspecified atom stereocenters. The molecule has 5 heteroatoms. The first-order valence-corrected chi connectivity index (χ1v) is 22.0. The van der Waals surface area contributed by atoms with Crippen molar-refractivity contribution in [3.8, 4) is 39.1 Å². The second kappa shape index (κ2) is 15.2. The second-order valence-electron chi connectivity index (χ2n) is 16.0. The van der Waals surface area contributed by atoms with E-state index in [9.17, 15) is 0 Å². The Balaban J connectivity index is 0.914. The van der Waals surface area contributed by atoms with Crippen molar-refractivity contribution >= 4 is 59.2 Å². The standard InChI is InChI=1S/C57H40N4S/c1-4-15-37(16-5-1)38-27-29-40(30-28-38)56-58-55(39-17-6-2-7-18-39)59-57(60-56)42-31-33-46-49-35-41(32-34-52(49)62-53(46)36-42)44-21-10-11-22-45(44)47-24-14-26-51-54(47)48-23-12-13-25-50(48)61(51)43-19-8-3-9-20-43/h1-36,55,57,59H,(H,58,60). The van der Waals surface area contributed by atoms with Crippen molar-refractivity contribution in [3.63, 3.8) is 0 Å². The van der Waals surface area contributed by atoms with E-state index in [2.05, 4.69) is 234 Å². The number of aliphatic imine (C=N–C) groups is 1. The van der Waals surface area contributed by atoms with Gasteiger partial charge in [0.1, 0.15) is 18.2 Å². The molecule has 0 spiro atoms. The molecule has 0 amide bonds. The van der Waals surface area contributed by atoms with Crippen LogP contribution in [0, 0.1) is 0 Å². The highest BCUT2D eigenvalue weighted by molar-refractivity contribution is 7.25. The lowest BCUT2D eigenvalue weighted by Crippen LogP contribution is -2.44. The first-order chi connectivity index (χ1) is 30.7. The van der Waals surface area contributed by atoms with Crippen LogP contribution in [0.2, 0.25) is 0 Å². The predicted molar refractivity (Wildman–Crippen MR) is 261 cm³/mol. The third-order valence-corrected chi connectivity index (χ3v) is 13.4. The fourth-order valence-electron chi connectivity index (χ4n) is 9.34. The lowest BCUT2D eigenvalue weighted by atomic mass is 9.91. The van der Waals surface area contributed by atoms with E-state index in [1.54, 1.807) is 0 Å². The number of hydrogen-bond donors (Lipinski definition) is 2. The number of aromatic nitrogens is 1.